The SMILES string of the molecule is Cc1cc(Br)cc(C(O)Cc2c(Cl)cccc2Cl)c1. The van der Waals surface area contributed by atoms with Crippen molar-refractivity contribution in [2.24, 2.45) is 0 Å². The normalized spacial score (nSPS) is 12.5. The van der Waals surface area contributed by atoms with Crippen LogP contribution in [-0.2, 0) is 6.42 Å². The molecule has 0 aliphatic rings. The topological polar surface area (TPSA) is 20.2 Å². The molecule has 0 fully saturated rings. The Balaban J connectivity index is 2.28. The molecular weight excluding hydrogens is 347 g/mol. The number of aliphatic hydroxyl groups excluding tert-OH is 1. The van der Waals surface area contributed by atoms with E-state index in [-0.39, 0.29) is 0 Å². The van der Waals surface area contributed by atoms with Crippen LogP contribution in [-0.4, -0.2) is 5.11 Å². The Kier molecular flexibility index (Phi) is 4.91. The Hall–Kier alpha value is -0.540. The first-order valence-electron chi connectivity index (χ1n) is 5.85. The summed E-state index contributed by atoms with van der Waals surface area (Å²) in [5.74, 6) is 0. The van der Waals surface area contributed by atoms with Crippen molar-refractivity contribution in [2.75, 3.05) is 0 Å². The van der Waals surface area contributed by atoms with Gasteiger partial charge in [-0.05, 0) is 47.9 Å². The second-order valence-corrected chi connectivity index (χ2v) is 6.21. The molecule has 0 radical (unpaired) electrons. The maximum atomic E-state index is 10.3. The van der Waals surface area contributed by atoms with Crippen LogP contribution in [0.25, 0.3) is 0 Å². The Bertz CT molecular complexity index is 558. The summed E-state index contributed by atoms with van der Waals surface area (Å²) in [5.41, 5.74) is 2.72. The van der Waals surface area contributed by atoms with E-state index in [1.165, 1.54) is 0 Å². The van der Waals surface area contributed by atoms with Gasteiger partial charge in [-0.2, -0.15) is 0 Å². The van der Waals surface area contributed by atoms with Crippen molar-refractivity contribution in [2.45, 2.75) is 19.4 Å². The average Bonchev–Trinajstić information content (AvgIpc) is 2.32. The van der Waals surface area contributed by atoms with Gasteiger partial charge in [0.15, 0.2) is 0 Å². The highest BCUT2D eigenvalue weighted by Crippen LogP contribution is 2.30. The molecule has 100 valence electrons. The molecule has 2 aromatic carbocycles. The van der Waals surface area contributed by atoms with Crippen molar-refractivity contribution < 1.29 is 5.11 Å². The Morgan fingerprint density at radius 1 is 1.16 bits per heavy atom. The maximum absolute atomic E-state index is 10.3. The van der Waals surface area contributed by atoms with Gasteiger partial charge in [0.2, 0.25) is 0 Å². The summed E-state index contributed by atoms with van der Waals surface area (Å²) >= 11 is 15.7. The fourth-order valence-electron chi connectivity index (χ4n) is 2.00. The third-order valence-corrected chi connectivity index (χ3v) is 4.07. The van der Waals surface area contributed by atoms with Crippen LogP contribution in [0.4, 0.5) is 0 Å². The minimum absolute atomic E-state index is 0.397. The molecule has 1 N–H and O–H groups in total. The van der Waals surface area contributed by atoms with Crippen LogP contribution in [0, 0.1) is 6.92 Å². The molecule has 1 atom stereocenters. The van der Waals surface area contributed by atoms with Crippen molar-refractivity contribution in [1.82, 2.24) is 0 Å². The van der Waals surface area contributed by atoms with E-state index in [2.05, 4.69) is 15.9 Å². The predicted octanol–water partition coefficient (Wildman–Crippen LogP) is 5.34. The quantitative estimate of drug-likeness (QED) is 0.784. The summed E-state index contributed by atoms with van der Waals surface area (Å²) in [4.78, 5) is 0. The third-order valence-electron chi connectivity index (χ3n) is 2.91. The maximum Gasteiger partial charge on any atom is 0.0831 e. The van der Waals surface area contributed by atoms with Crippen LogP contribution in [0.5, 0.6) is 0 Å². The zero-order valence-corrected chi connectivity index (χ0v) is 13.4. The number of rotatable bonds is 3. The van der Waals surface area contributed by atoms with Crippen LogP contribution >= 0.6 is 39.1 Å². The van der Waals surface area contributed by atoms with Gasteiger partial charge in [0, 0.05) is 20.9 Å². The van der Waals surface area contributed by atoms with Crippen LogP contribution in [0.3, 0.4) is 0 Å². The molecule has 0 spiro atoms. The van der Waals surface area contributed by atoms with Gasteiger partial charge in [-0.15, -0.1) is 0 Å². The molecule has 1 nitrogen and oxygen atoms in total. The third kappa shape index (κ3) is 3.73. The predicted molar refractivity (Wildman–Crippen MR) is 84.0 cm³/mol. The molecule has 2 aromatic rings. The lowest BCUT2D eigenvalue weighted by molar-refractivity contribution is 0.178. The van der Waals surface area contributed by atoms with E-state index in [0.29, 0.717) is 16.5 Å². The van der Waals surface area contributed by atoms with Gasteiger partial charge in [-0.25, -0.2) is 0 Å². The summed E-state index contributed by atoms with van der Waals surface area (Å²) in [7, 11) is 0. The van der Waals surface area contributed by atoms with E-state index < -0.39 is 6.10 Å². The number of halogens is 3. The van der Waals surface area contributed by atoms with Crippen LogP contribution in [0.2, 0.25) is 10.0 Å². The lowest BCUT2D eigenvalue weighted by Crippen LogP contribution is -2.03. The summed E-state index contributed by atoms with van der Waals surface area (Å²) in [6.07, 6.45) is -0.234. The summed E-state index contributed by atoms with van der Waals surface area (Å²) in [6, 6.07) is 11.2. The highest BCUT2D eigenvalue weighted by Gasteiger charge is 2.14. The standard InChI is InChI=1S/C15H13BrCl2O/c1-9-5-10(7-11(16)6-9)15(19)8-12-13(17)3-2-4-14(12)18/h2-7,15,19H,8H2,1H3. The first kappa shape index (κ1) is 14.9. The van der Waals surface area contributed by atoms with Crippen molar-refractivity contribution >= 4 is 39.1 Å². The lowest BCUT2D eigenvalue weighted by atomic mass is 10.00. The van der Waals surface area contributed by atoms with E-state index in [1.807, 2.05) is 25.1 Å². The Labute approximate surface area is 131 Å². The van der Waals surface area contributed by atoms with E-state index in [1.54, 1.807) is 18.2 Å². The number of benzene rings is 2. The highest BCUT2D eigenvalue weighted by atomic mass is 79.9. The summed E-state index contributed by atoms with van der Waals surface area (Å²) < 4.78 is 0.951. The lowest BCUT2D eigenvalue weighted by Gasteiger charge is -2.14. The molecular formula is C15H13BrCl2O. The van der Waals surface area contributed by atoms with Crippen LogP contribution in [0.15, 0.2) is 40.9 Å². The first-order valence-corrected chi connectivity index (χ1v) is 7.40. The van der Waals surface area contributed by atoms with Crippen molar-refractivity contribution in [3.8, 4) is 0 Å². The zero-order valence-electron chi connectivity index (χ0n) is 10.3. The number of hydrogen-bond acceptors (Lipinski definition) is 1. The molecule has 0 heterocycles. The smallest absolute Gasteiger partial charge is 0.0831 e. The van der Waals surface area contributed by atoms with Gasteiger partial charge in [-0.3, -0.25) is 0 Å². The Morgan fingerprint density at radius 2 is 1.79 bits per heavy atom. The minimum Gasteiger partial charge on any atom is -0.388 e. The van der Waals surface area contributed by atoms with E-state index in [0.717, 1.165) is 21.2 Å². The molecule has 0 saturated carbocycles. The van der Waals surface area contributed by atoms with E-state index >= 15 is 0 Å². The highest BCUT2D eigenvalue weighted by molar-refractivity contribution is 9.10. The molecule has 0 aliphatic carbocycles. The monoisotopic (exact) mass is 358 g/mol. The number of aliphatic hydroxyl groups is 1. The van der Waals surface area contributed by atoms with Gasteiger partial charge in [0.05, 0.1) is 6.10 Å². The number of aryl methyl sites for hydroxylation is 1. The molecule has 0 amide bonds. The van der Waals surface area contributed by atoms with Gasteiger partial charge in [0.1, 0.15) is 0 Å². The summed E-state index contributed by atoms with van der Waals surface area (Å²) in [5, 5.41) is 11.5. The largest absolute Gasteiger partial charge is 0.388 e. The van der Waals surface area contributed by atoms with Crippen LogP contribution in [0.1, 0.15) is 22.8 Å². The molecule has 0 aromatic heterocycles. The van der Waals surface area contributed by atoms with Crippen molar-refractivity contribution in [3.05, 3.63) is 67.6 Å². The van der Waals surface area contributed by atoms with Crippen LogP contribution < -0.4 is 0 Å². The van der Waals surface area contributed by atoms with E-state index in [4.69, 9.17) is 23.2 Å². The number of hydrogen-bond donors (Lipinski definition) is 1. The van der Waals surface area contributed by atoms with Crippen molar-refractivity contribution in [3.63, 3.8) is 0 Å². The molecule has 1 unspecified atom stereocenters. The van der Waals surface area contributed by atoms with Gasteiger partial charge in [-0.1, -0.05) is 51.3 Å². The molecule has 0 aliphatic heterocycles. The average molecular weight is 360 g/mol. The fraction of sp³-hybridized carbons (Fsp3) is 0.200. The van der Waals surface area contributed by atoms with Gasteiger partial charge < -0.3 is 5.11 Å². The van der Waals surface area contributed by atoms with Gasteiger partial charge >= 0.3 is 0 Å². The summed E-state index contributed by atoms with van der Waals surface area (Å²) in [6.45, 7) is 1.99. The van der Waals surface area contributed by atoms with Crippen molar-refractivity contribution in [1.29, 1.82) is 0 Å². The molecule has 4 heteroatoms. The molecule has 0 saturated heterocycles. The Morgan fingerprint density at radius 3 is 2.37 bits per heavy atom. The second kappa shape index (κ2) is 6.27. The van der Waals surface area contributed by atoms with Gasteiger partial charge in [0.25, 0.3) is 0 Å². The molecule has 19 heavy (non-hydrogen) atoms. The van der Waals surface area contributed by atoms with E-state index in [9.17, 15) is 5.11 Å². The first-order chi connectivity index (χ1) is 8.97. The zero-order chi connectivity index (χ0) is 14.0. The molecule has 2 rings (SSSR count). The fourth-order valence-corrected chi connectivity index (χ4v) is 3.17. The molecule has 0 bridgehead atoms. The minimum atomic E-state index is -0.631. The second-order valence-electron chi connectivity index (χ2n) is 4.48.